The highest BCUT2D eigenvalue weighted by Gasteiger charge is 2.30. The van der Waals surface area contributed by atoms with E-state index < -0.39 is 73.4 Å². The molecule has 14 nitrogen and oxygen atoms in total. The fraction of sp³-hybridized carbons (Fsp3) is 0.421. The van der Waals surface area contributed by atoms with E-state index >= 15 is 0 Å². The Morgan fingerprint density at radius 3 is 1.82 bits per heavy atom. The zero-order chi connectivity index (χ0) is 25.1. The van der Waals surface area contributed by atoms with Gasteiger partial charge in [-0.25, -0.2) is 4.79 Å². The van der Waals surface area contributed by atoms with Crippen molar-refractivity contribution in [2.75, 3.05) is 13.2 Å². The lowest BCUT2D eigenvalue weighted by Gasteiger charge is -2.23. The van der Waals surface area contributed by atoms with Crippen LogP contribution in [0.4, 0.5) is 0 Å². The summed E-state index contributed by atoms with van der Waals surface area (Å²) in [7, 11) is 0. The van der Waals surface area contributed by atoms with Crippen molar-refractivity contribution in [2.24, 2.45) is 11.5 Å². The van der Waals surface area contributed by atoms with Gasteiger partial charge in [-0.05, 0) is 17.7 Å². The van der Waals surface area contributed by atoms with E-state index in [9.17, 15) is 39.3 Å². The SMILES string of the molecule is NC(=O)CC(NC(=O)C(N)CO)C(=O)NC(CO)C(=O)NC(Cc1ccc(O)cc1)C(=O)O. The number of aliphatic hydroxyl groups is 2. The predicted molar refractivity (Wildman–Crippen MR) is 111 cm³/mol. The molecule has 33 heavy (non-hydrogen) atoms. The highest BCUT2D eigenvalue weighted by Crippen LogP contribution is 2.11. The van der Waals surface area contributed by atoms with Gasteiger partial charge in [0.05, 0.1) is 19.6 Å². The number of benzene rings is 1. The van der Waals surface area contributed by atoms with Crippen LogP contribution in [0.2, 0.25) is 0 Å². The molecule has 0 radical (unpaired) electrons. The van der Waals surface area contributed by atoms with E-state index in [0.29, 0.717) is 5.56 Å². The van der Waals surface area contributed by atoms with Gasteiger partial charge in [0.25, 0.3) is 0 Å². The Labute approximate surface area is 187 Å². The van der Waals surface area contributed by atoms with Crippen molar-refractivity contribution in [3.8, 4) is 5.75 Å². The Morgan fingerprint density at radius 1 is 0.818 bits per heavy atom. The molecule has 14 heteroatoms. The van der Waals surface area contributed by atoms with Crippen molar-refractivity contribution in [3.05, 3.63) is 29.8 Å². The van der Waals surface area contributed by atoms with E-state index in [1.807, 2.05) is 0 Å². The zero-order valence-corrected chi connectivity index (χ0v) is 17.4. The number of phenols is 1. The summed E-state index contributed by atoms with van der Waals surface area (Å²) in [4.78, 5) is 59.6. The van der Waals surface area contributed by atoms with Gasteiger partial charge in [0.15, 0.2) is 0 Å². The first-order valence-electron chi connectivity index (χ1n) is 9.65. The second kappa shape index (κ2) is 12.9. The quantitative estimate of drug-likeness (QED) is 0.134. The van der Waals surface area contributed by atoms with E-state index in [1.165, 1.54) is 24.3 Å². The summed E-state index contributed by atoms with van der Waals surface area (Å²) in [6.07, 6.45) is -0.832. The first-order valence-corrected chi connectivity index (χ1v) is 9.65. The number of hydrogen-bond donors (Lipinski definition) is 9. The Morgan fingerprint density at radius 2 is 1.33 bits per heavy atom. The number of hydrogen-bond acceptors (Lipinski definition) is 9. The van der Waals surface area contributed by atoms with Gasteiger partial charge in [0.2, 0.25) is 23.6 Å². The van der Waals surface area contributed by atoms with E-state index in [1.54, 1.807) is 0 Å². The lowest BCUT2D eigenvalue weighted by atomic mass is 10.1. The minimum Gasteiger partial charge on any atom is -0.508 e. The number of amides is 4. The third-order valence-corrected chi connectivity index (χ3v) is 4.38. The van der Waals surface area contributed by atoms with Crippen molar-refractivity contribution in [1.29, 1.82) is 0 Å². The van der Waals surface area contributed by atoms with Gasteiger partial charge in [-0.15, -0.1) is 0 Å². The predicted octanol–water partition coefficient (Wildman–Crippen LogP) is -4.34. The number of rotatable bonds is 13. The normalized spacial score (nSPS) is 14.3. The van der Waals surface area contributed by atoms with Crippen LogP contribution in [0.1, 0.15) is 12.0 Å². The van der Waals surface area contributed by atoms with Crippen molar-refractivity contribution in [2.45, 2.75) is 37.0 Å². The van der Waals surface area contributed by atoms with Crippen LogP contribution >= 0.6 is 0 Å². The number of carbonyl (C=O) groups excluding carboxylic acids is 4. The Kier molecular flexibility index (Phi) is 10.7. The molecule has 0 spiro atoms. The number of carbonyl (C=O) groups is 5. The van der Waals surface area contributed by atoms with Crippen molar-refractivity contribution in [1.82, 2.24) is 16.0 Å². The number of nitrogens with one attached hydrogen (secondary N) is 3. The summed E-state index contributed by atoms with van der Waals surface area (Å²) >= 11 is 0. The van der Waals surface area contributed by atoms with Gasteiger partial charge in [-0.2, -0.15) is 0 Å². The third-order valence-electron chi connectivity index (χ3n) is 4.38. The smallest absolute Gasteiger partial charge is 0.326 e. The van der Waals surface area contributed by atoms with Crippen LogP contribution < -0.4 is 27.4 Å². The number of aliphatic hydroxyl groups excluding tert-OH is 2. The molecule has 4 unspecified atom stereocenters. The van der Waals surface area contributed by atoms with Gasteiger partial charge in [0.1, 0.15) is 29.9 Å². The molecule has 4 atom stereocenters. The number of aromatic hydroxyl groups is 1. The zero-order valence-electron chi connectivity index (χ0n) is 17.4. The van der Waals surface area contributed by atoms with Crippen LogP contribution in [0.15, 0.2) is 24.3 Å². The first-order chi connectivity index (χ1) is 15.5. The number of carboxylic acids is 1. The second-order valence-corrected chi connectivity index (χ2v) is 7.03. The number of aliphatic carboxylic acids is 1. The largest absolute Gasteiger partial charge is 0.508 e. The van der Waals surface area contributed by atoms with Crippen LogP contribution in [0, 0.1) is 0 Å². The molecule has 0 heterocycles. The van der Waals surface area contributed by atoms with Crippen molar-refractivity contribution in [3.63, 3.8) is 0 Å². The Balaban J connectivity index is 2.88. The summed E-state index contributed by atoms with van der Waals surface area (Å²) in [6, 6.07) is -0.433. The Hall–Kier alpha value is -3.75. The van der Waals surface area contributed by atoms with Gasteiger partial charge in [-0.3, -0.25) is 19.2 Å². The minimum absolute atomic E-state index is 0.0322. The lowest BCUT2D eigenvalue weighted by molar-refractivity contribution is -0.142. The fourth-order valence-corrected chi connectivity index (χ4v) is 2.58. The molecule has 11 N–H and O–H groups in total. The second-order valence-electron chi connectivity index (χ2n) is 7.03. The number of phenolic OH excluding ortho intramolecular Hbond substituents is 1. The van der Waals surface area contributed by atoms with E-state index in [0.717, 1.165) is 0 Å². The van der Waals surface area contributed by atoms with Crippen LogP contribution in [-0.2, 0) is 30.4 Å². The van der Waals surface area contributed by atoms with E-state index in [-0.39, 0.29) is 12.2 Å². The number of primary amides is 1. The molecule has 0 fully saturated rings. The lowest BCUT2D eigenvalue weighted by Crippen LogP contribution is -2.59. The molecule has 4 amide bonds. The van der Waals surface area contributed by atoms with Gasteiger partial charge >= 0.3 is 5.97 Å². The highest BCUT2D eigenvalue weighted by atomic mass is 16.4. The molecular formula is C19H27N5O9. The van der Waals surface area contributed by atoms with Crippen molar-refractivity contribution >= 4 is 29.6 Å². The maximum Gasteiger partial charge on any atom is 0.326 e. The maximum absolute atomic E-state index is 12.5. The van der Waals surface area contributed by atoms with Gasteiger partial charge in [-0.1, -0.05) is 12.1 Å². The molecule has 0 aromatic heterocycles. The molecule has 1 aromatic rings. The van der Waals surface area contributed by atoms with Crippen LogP contribution in [0.3, 0.4) is 0 Å². The molecule has 0 aliphatic heterocycles. The maximum atomic E-state index is 12.5. The Bertz CT molecular complexity index is 862. The standard InChI is InChI=1S/C19H27N5O9/c20-11(7-25)16(29)22-12(6-15(21)28)17(30)24-14(8-26)18(31)23-13(19(32)33)5-9-1-3-10(27)4-2-9/h1-4,11-14,25-27H,5-8,20H2,(H2,21,28)(H,22,29)(H,23,31)(H,24,30)(H,32,33). The molecular weight excluding hydrogens is 442 g/mol. The summed E-state index contributed by atoms with van der Waals surface area (Å²) in [5.41, 5.74) is 10.9. The summed E-state index contributed by atoms with van der Waals surface area (Å²) in [6.45, 7) is -1.67. The van der Waals surface area contributed by atoms with E-state index in [4.69, 9.17) is 16.6 Å². The third kappa shape index (κ3) is 9.10. The van der Waals surface area contributed by atoms with Crippen LogP contribution in [-0.4, -0.2) is 87.4 Å². The molecule has 0 saturated heterocycles. The summed E-state index contributed by atoms with van der Waals surface area (Å²) in [5, 5.41) is 43.5. The molecule has 182 valence electrons. The van der Waals surface area contributed by atoms with Gasteiger partial charge in [0, 0.05) is 6.42 Å². The molecule has 1 aromatic carbocycles. The molecule has 1 rings (SSSR count). The monoisotopic (exact) mass is 469 g/mol. The summed E-state index contributed by atoms with van der Waals surface area (Å²) in [5.74, 6) is -5.49. The average molecular weight is 469 g/mol. The average Bonchev–Trinajstić information content (AvgIpc) is 2.76. The molecule has 0 aliphatic rings. The molecule has 0 aliphatic carbocycles. The fourth-order valence-electron chi connectivity index (χ4n) is 2.58. The number of carboxylic acid groups (broad SMARTS) is 1. The van der Waals surface area contributed by atoms with Gasteiger partial charge < -0.3 is 47.8 Å². The van der Waals surface area contributed by atoms with Crippen LogP contribution in [0.25, 0.3) is 0 Å². The first kappa shape index (κ1) is 27.3. The topological polar surface area (TPSA) is 254 Å². The highest BCUT2D eigenvalue weighted by molar-refractivity contribution is 5.96. The minimum atomic E-state index is -1.63. The van der Waals surface area contributed by atoms with Crippen molar-refractivity contribution < 1.29 is 44.4 Å². The van der Waals surface area contributed by atoms with E-state index in [2.05, 4.69) is 16.0 Å². The molecule has 0 bridgehead atoms. The van der Waals surface area contributed by atoms with Crippen LogP contribution in [0.5, 0.6) is 5.75 Å². The summed E-state index contributed by atoms with van der Waals surface area (Å²) < 4.78 is 0. The number of nitrogens with two attached hydrogens (primary N) is 2. The molecule has 0 saturated carbocycles.